The van der Waals surface area contributed by atoms with Crippen LogP contribution in [0.2, 0.25) is 0 Å². The number of carbonyl (C=O) groups is 2. The lowest BCUT2D eigenvalue weighted by atomic mass is 9.62. The summed E-state index contributed by atoms with van der Waals surface area (Å²) < 4.78 is 11.7. The van der Waals surface area contributed by atoms with Gasteiger partial charge < -0.3 is 19.3 Å². The molecule has 1 saturated heterocycles. The molecule has 1 aromatic carbocycles. The van der Waals surface area contributed by atoms with Crippen molar-refractivity contribution in [3.63, 3.8) is 0 Å². The van der Waals surface area contributed by atoms with Crippen molar-refractivity contribution in [2.45, 2.75) is 58.8 Å². The van der Waals surface area contributed by atoms with Gasteiger partial charge in [0.2, 0.25) is 0 Å². The maximum atomic E-state index is 12.3. The van der Waals surface area contributed by atoms with Crippen molar-refractivity contribution >= 4 is 12.0 Å². The van der Waals surface area contributed by atoms with E-state index in [0.717, 1.165) is 48.4 Å². The van der Waals surface area contributed by atoms with Gasteiger partial charge in [0.1, 0.15) is 17.5 Å². The van der Waals surface area contributed by atoms with Crippen molar-refractivity contribution in [1.29, 1.82) is 0 Å². The molecule has 0 atom stereocenters. The van der Waals surface area contributed by atoms with Crippen LogP contribution in [-0.4, -0.2) is 53.6 Å². The largest absolute Gasteiger partial charge is 0.490 e. The lowest BCUT2D eigenvalue weighted by Crippen LogP contribution is -2.66. The summed E-state index contributed by atoms with van der Waals surface area (Å²) in [7, 11) is 1.82. The van der Waals surface area contributed by atoms with Gasteiger partial charge in [-0.1, -0.05) is 6.07 Å². The zero-order valence-electron chi connectivity index (χ0n) is 16.8. The molecule has 27 heavy (non-hydrogen) atoms. The van der Waals surface area contributed by atoms with Gasteiger partial charge in [-0.15, -0.1) is 0 Å². The number of nitrogens with zero attached hydrogens (tertiary/aromatic N) is 2. The van der Waals surface area contributed by atoms with Crippen molar-refractivity contribution in [3.05, 3.63) is 28.8 Å². The molecule has 4 rings (SSSR count). The lowest BCUT2D eigenvalue weighted by molar-refractivity contribution is -0.116. The van der Waals surface area contributed by atoms with Crippen LogP contribution in [0.3, 0.4) is 0 Å². The minimum Gasteiger partial charge on any atom is -0.490 e. The van der Waals surface area contributed by atoms with E-state index in [1.807, 2.05) is 46.9 Å². The third-order valence-electron chi connectivity index (χ3n) is 5.75. The molecule has 1 aromatic rings. The molecular formula is C21H28N2O4. The van der Waals surface area contributed by atoms with Gasteiger partial charge in [-0.25, -0.2) is 4.79 Å². The number of carbonyl (C=O) groups excluding carboxylic acids is 2. The van der Waals surface area contributed by atoms with E-state index in [1.165, 1.54) is 0 Å². The molecule has 0 bridgehead atoms. The van der Waals surface area contributed by atoms with Gasteiger partial charge >= 0.3 is 6.09 Å². The fourth-order valence-electron chi connectivity index (χ4n) is 4.46. The van der Waals surface area contributed by atoms with E-state index in [4.69, 9.17) is 9.47 Å². The first-order chi connectivity index (χ1) is 12.6. The van der Waals surface area contributed by atoms with Crippen LogP contribution in [0.1, 0.15) is 55.1 Å². The molecule has 1 aliphatic carbocycles. The molecule has 2 fully saturated rings. The highest BCUT2D eigenvalue weighted by molar-refractivity contribution is 6.00. The van der Waals surface area contributed by atoms with E-state index >= 15 is 0 Å². The van der Waals surface area contributed by atoms with E-state index < -0.39 is 5.60 Å². The maximum absolute atomic E-state index is 12.3. The number of fused-ring (bicyclic) bond motifs is 1. The predicted octanol–water partition coefficient (Wildman–Crippen LogP) is 3.36. The fraction of sp³-hybridized carbons (Fsp3) is 0.619. The van der Waals surface area contributed by atoms with Crippen LogP contribution in [0.5, 0.6) is 5.75 Å². The molecular weight excluding hydrogens is 344 g/mol. The Morgan fingerprint density at radius 2 is 1.89 bits per heavy atom. The Kier molecular flexibility index (Phi) is 3.95. The smallest absolute Gasteiger partial charge is 0.410 e. The number of amides is 2. The van der Waals surface area contributed by atoms with Crippen molar-refractivity contribution in [1.82, 2.24) is 9.80 Å². The number of hydrogen-bond donors (Lipinski definition) is 0. The predicted molar refractivity (Wildman–Crippen MR) is 101 cm³/mol. The molecule has 0 radical (unpaired) electrons. The van der Waals surface area contributed by atoms with E-state index in [0.29, 0.717) is 6.54 Å². The van der Waals surface area contributed by atoms with Gasteiger partial charge in [0, 0.05) is 31.1 Å². The Morgan fingerprint density at radius 3 is 2.52 bits per heavy atom. The molecule has 2 aliphatic heterocycles. The Bertz CT molecular complexity index is 797. The summed E-state index contributed by atoms with van der Waals surface area (Å²) in [5.41, 5.74) is 2.53. The Balaban J connectivity index is 1.34. The van der Waals surface area contributed by atoms with Crippen LogP contribution >= 0.6 is 0 Å². The average Bonchev–Trinajstić information content (AvgIpc) is 2.77. The first-order valence-corrected chi connectivity index (χ1v) is 9.59. The van der Waals surface area contributed by atoms with Crippen LogP contribution in [-0.2, 0) is 11.3 Å². The summed E-state index contributed by atoms with van der Waals surface area (Å²) in [6.07, 6.45) is 1.81. The van der Waals surface area contributed by atoms with E-state index in [1.54, 1.807) is 9.80 Å². The zero-order chi connectivity index (χ0) is 19.6. The van der Waals surface area contributed by atoms with Crippen molar-refractivity contribution in [3.8, 4) is 5.75 Å². The van der Waals surface area contributed by atoms with E-state index in [-0.39, 0.29) is 23.5 Å². The fourth-order valence-corrected chi connectivity index (χ4v) is 4.46. The summed E-state index contributed by atoms with van der Waals surface area (Å²) >= 11 is 0. The third kappa shape index (κ3) is 3.15. The van der Waals surface area contributed by atoms with Crippen LogP contribution in [0, 0.1) is 12.3 Å². The second-order valence-electron chi connectivity index (χ2n) is 9.38. The highest BCUT2D eigenvalue weighted by Gasteiger charge is 2.55. The van der Waals surface area contributed by atoms with Crippen molar-refractivity contribution in [2.24, 2.45) is 5.41 Å². The summed E-state index contributed by atoms with van der Waals surface area (Å²) in [6.45, 7) is 9.72. The highest BCUT2D eigenvalue weighted by Crippen LogP contribution is 2.50. The molecule has 146 valence electrons. The first-order valence-electron chi connectivity index (χ1n) is 9.59. The average molecular weight is 372 g/mol. The number of benzene rings is 1. The van der Waals surface area contributed by atoms with Gasteiger partial charge in [-0.05, 0) is 52.2 Å². The minimum atomic E-state index is -0.457. The molecule has 2 heterocycles. The van der Waals surface area contributed by atoms with Gasteiger partial charge in [-0.3, -0.25) is 4.79 Å². The zero-order valence-corrected chi connectivity index (χ0v) is 16.8. The number of likely N-dealkylation sites (tertiary alicyclic amines) is 1. The number of rotatable bonds is 2. The second kappa shape index (κ2) is 5.88. The molecule has 6 heteroatoms. The van der Waals surface area contributed by atoms with Gasteiger partial charge in [0.25, 0.3) is 5.91 Å². The quantitative estimate of drug-likeness (QED) is 0.799. The van der Waals surface area contributed by atoms with Gasteiger partial charge in [0.15, 0.2) is 0 Å². The summed E-state index contributed by atoms with van der Waals surface area (Å²) in [6, 6.07) is 3.95. The SMILES string of the molecule is Cc1ccc(OC2CC3(C2)CN(C(=O)OC(C)(C)C)C3)c2c1C(=O)N(C)C2. The Hall–Kier alpha value is -2.24. The first kappa shape index (κ1) is 18.1. The van der Waals surface area contributed by atoms with Crippen molar-refractivity contribution < 1.29 is 19.1 Å². The molecule has 0 unspecified atom stereocenters. The standard InChI is InChI=1S/C21H28N2O4/c1-13-6-7-16(15-10-22(5)18(24)17(13)15)26-14-8-21(9-14)11-23(12-21)19(25)27-20(2,3)4/h6-7,14H,8-12H2,1-5H3. The lowest BCUT2D eigenvalue weighted by Gasteiger charge is -2.58. The second-order valence-corrected chi connectivity index (χ2v) is 9.38. The molecule has 1 spiro atoms. The molecule has 0 aromatic heterocycles. The Labute approximate surface area is 160 Å². The van der Waals surface area contributed by atoms with Crippen LogP contribution in [0.15, 0.2) is 12.1 Å². The molecule has 1 saturated carbocycles. The monoisotopic (exact) mass is 372 g/mol. The van der Waals surface area contributed by atoms with Gasteiger partial charge in [-0.2, -0.15) is 0 Å². The molecule has 3 aliphatic rings. The van der Waals surface area contributed by atoms with E-state index in [2.05, 4.69) is 0 Å². The minimum absolute atomic E-state index is 0.0741. The number of aryl methyl sites for hydroxylation is 1. The topological polar surface area (TPSA) is 59.1 Å². The Morgan fingerprint density at radius 1 is 1.22 bits per heavy atom. The summed E-state index contributed by atoms with van der Waals surface area (Å²) in [5.74, 6) is 0.904. The summed E-state index contributed by atoms with van der Waals surface area (Å²) in [4.78, 5) is 27.9. The normalized spacial score (nSPS) is 21.0. The highest BCUT2D eigenvalue weighted by atomic mass is 16.6. The van der Waals surface area contributed by atoms with E-state index in [9.17, 15) is 9.59 Å². The van der Waals surface area contributed by atoms with Crippen LogP contribution in [0.25, 0.3) is 0 Å². The van der Waals surface area contributed by atoms with Crippen LogP contribution < -0.4 is 4.74 Å². The molecule has 6 nitrogen and oxygen atoms in total. The third-order valence-corrected chi connectivity index (χ3v) is 5.75. The molecule has 0 N–H and O–H groups in total. The van der Waals surface area contributed by atoms with Crippen molar-refractivity contribution in [2.75, 3.05) is 20.1 Å². The number of ether oxygens (including phenoxy) is 2. The summed E-state index contributed by atoms with van der Waals surface area (Å²) in [5, 5.41) is 0. The maximum Gasteiger partial charge on any atom is 0.410 e. The number of hydrogen-bond acceptors (Lipinski definition) is 4. The molecule has 2 amide bonds. The van der Waals surface area contributed by atoms with Gasteiger partial charge in [0.05, 0.1) is 12.1 Å². The van der Waals surface area contributed by atoms with Crippen LogP contribution in [0.4, 0.5) is 4.79 Å².